The first-order valence-corrected chi connectivity index (χ1v) is 12.7. The number of aryl methyl sites for hydroxylation is 1. The van der Waals surface area contributed by atoms with Crippen LogP contribution < -0.4 is 19.6 Å². The molecule has 5 rings (SSSR count). The number of ether oxygens (including phenoxy) is 3. The highest BCUT2D eigenvalue weighted by Gasteiger charge is 2.20. The van der Waals surface area contributed by atoms with E-state index < -0.39 is 22.8 Å². The van der Waals surface area contributed by atoms with E-state index in [-0.39, 0.29) is 29.4 Å². The Kier molecular flexibility index (Phi) is 7.73. The molecule has 0 fully saturated rings. The van der Waals surface area contributed by atoms with Gasteiger partial charge in [-0.15, -0.1) is 0 Å². The number of halogens is 2. The SMILES string of the molecule is CCc1[nH]cc(C(=O)Cc2ccc(Oc3ccnc4cc(OC)c(OC)nc34)c(F)c2)c(=O)c1-c1ccc(F)cc1. The summed E-state index contributed by atoms with van der Waals surface area (Å²) >= 11 is 0. The highest BCUT2D eigenvalue weighted by atomic mass is 19.1. The van der Waals surface area contributed by atoms with Gasteiger partial charge in [-0.1, -0.05) is 25.1 Å². The summed E-state index contributed by atoms with van der Waals surface area (Å²) in [5.41, 5.74) is 2.05. The predicted octanol–water partition coefficient (Wildman–Crippen LogP) is 6.06. The quantitative estimate of drug-likeness (QED) is 0.220. The number of benzene rings is 2. The number of hydrogen-bond donors (Lipinski definition) is 1. The van der Waals surface area contributed by atoms with Gasteiger partial charge in [-0.05, 0) is 41.8 Å². The number of aromatic nitrogens is 3. The summed E-state index contributed by atoms with van der Waals surface area (Å²) in [6.45, 7) is 1.87. The number of methoxy groups -OCH3 is 2. The van der Waals surface area contributed by atoms with Crippen LogP contribution in [0.2, 0.25) is 0 Å². The fourth-order valence-corrected chi connectivity index (χ4v) is 4.50. The molecule has 0 amide bonds. The number of pyridine rings is 3. The fraction of sp³-hybridized carbons (Fsp3) is 0.161. The van der Waals surface area contributed by atoms with Gasteiger partial charge in [0.2, 0.25) is 0 Å². The summed E-state index contributed by atoms with van der Waals surface area (Å²) in [6, 6.07) is 12.8. The van der Waals surface area contributed by atoms with Crippen molar-refractivity contribution >= 4 is 16.8 Å². The number of nitrogens with one attached hydrogen (secondary N) is 1. The summed E-state index contributed by atoms with van der Waals surface area (Å²) < 4.78 is 44.9. The Bertz CT molecular complexity index is 1820. The molecule has 0 aliphatic carbocycles. The molecule has 0 atom stereocenters. The zero-order chi connectivity index (χ0) is 29.1. The molecule has 3 heterocycles. The van der Waals surface area contributed by atoms with Crippen molar-refractivity contribution in [3.8, 4) is 34.3 Å². The van der Waals surface area contributed by atoms with Crippen LogP contribution in [0.15, 0.2) is 71.8 Å². The van der Waals surface area contributed by atoms with Gasteiger partial charge >= 0.3 is 0 Å². The summed E-state index contributed by atoms with van der Waals surface area (Å²) in [5, 5.41) is 0. The molecule has 41 heavy (non-hydrogen) atoms. The maximum absolute atomic E-state index is 15.1. The lowest BCUT2D eigenvalue weighted by atomic mass is 9.97. The zero-order valence-corrected chi connectivity index (χ0v) is 22.5. The minimum Gasteiger partial charge on any atom is -0.491 e. The second-order valence-electron chi connectivity index (χ2n) is 9.09. The average molecular weight is 558 g/mol. The first-order valence-electron chi connectivity index (χ1n) is 12.7. The van der Waals surface area contributed by atoms with E-state index in [0.29, 0.717) is 45.6 Å². The molecule has 0 aliphatic rings. The molecule has 2 aromatic carbocycles. The van der Waals surface area contributed by atoms with Crippen molar-refractivity contribution < 1.29 is 27.8 Å². The topological polar surface area (TPSA) is 103 Å². The Morgan fingerprint density at radius 1 is 0.951 bits per heavy atom. The van der Waals surface area contributed by atoms with Gasteiger partial charge in [0, 0.05) is 42.2 Å². The number of carbonyl (C=O) groups excluding carboxylic acids is 1. The van der Waals surface area contributed by atoms with Crippen LogP contribution in [0.1, 0.15) is 28.5 Å². The van der Waals surface area contributed by atoms with Crippen LogP contribution >= 0.6 is 0 Å². The minimum atomic E-state index is -0.706. The standard InChI is InChI=1S/C31H25F2N3O5/c1-4-22-28(18-6-8-19(32)9-7-18)30(38)20(16-35-22)24(37)14-17-5-10-25(21(33)13-17)41-26-11-12-34-23-15-27(39-2)31(40-3)36-29(23)26/h5-13,15-16H,4,14H2,1-3H3,(H,35,38). The molecule has 0 aliphatic heterocycles. The lowest BCUT2D eigenvalue weighted by molar-refractivity contribution is 0.0991. The molecule has 0 saturated heterocycles. The molecule has 0 radical (unpaired) electrons. The van der Waals surface area contributed by atoms with Gasteiger partial charge in [0.15, 0.2) is 34.3 Å². The van der Waals surface area contributed by atoms with Gasteiger partial charge in [0.1, 0.15) is 11.3 Å². The third-order valence-electron chi connectivity index (χ3n) is 6.55. The highest BCUT2D eigenvalue weighted by Crippen LogP contribution is 2.34. The normalized spacial score (nSPS) is 11.0. The van der Waals surface area contributed by atoms with Crippen molar-refractivity contribution in [2.24, 2.45) is 0 Å². The molecule has 208 valence electrons. The highest BCUT2D eigenvalue weighted by molar-refractivity contribution is 5.98. The predicted molar refractivity (Wildman–Crippen MR) is 149 cm³/mol. The van der Waals surface area contributed by atoms with Gasteiger partial charge in [-0.3, -0.25) is 14.6 Å². The van der Waals surface area contributed by atoms with Gasteiger partial charge < -0.3 is 19.2 Å². The lowest BCUT2D eigenvalue weighted by Gasteiger charge is -2.12. The van der Waals surface area contributed by atoms with E-state index in [0.717, 1.165) is 0 Å². The van der Waals surface area contributed by atoms with Crippen molar-refractivity contribution in [3.05, 3.63) is 106 Å². The van der Waals surface area contributed by atoms with E-state index in [2.05, 4.69) is 15.0 Å². The van der Waals surface area contributed by atoms with E-state index in [1.165, 1.54) is 63.0 Å². The maximum Gasteiger partial charge on any atom is 0.257 e. The van der Waals surface area contributed by atoms with Gasteiger partial charge in [0.25, 0.3) is 5.88 Å². The van der Waals surface area contributed by atoms with Crippen LogP contribution in [0.25, 0.3) is 22.2 Å². The summed E-state index contributed by atoms with van der Waals surface area (Å²) in [5.74, 6) is -0.866. The van der Waals surface area contributed by atoms with Crippen LogP contribution in [0, 0.1) is 11.6 Å². The summed E-state index contributed by atoms with van der Waals surface area (Å²) in [4.78, 5) is 38.1. The average Bonchev–Trinajstić information content (AvgIpc) is 2.98. The Balaban J connectivity index is 1.41. The molecule has 3 aromatic heterocycles. The van der Waals surface area contributed by atoms with Crippen molar-refractivity contribution in [3.63, 3.8) is 0 Å². The second kappa shape index (κ2) is 11.5. The van der Waals surface area contributed by atoms with E-state index >= 15 is 4.39 Å². The van der Waals surface area contributed by atoms with Gasteiger partial charge in [-0.2, -0.15) is 0 Å². The third-order valence-corrected chi connectivity index (χ3v) is 6.55. The molecule has 8 nitrogen and oxygen atoms in total. The first kappa shape index (κ1) is 27.4. The van der Waals surface area contributed by atoms with Crippen molar-refractivity contribution in [2.75, 3.05) is 14.2 Å². The Morgan fingerprint density at radius 2 is 1.73 bits per heavy atom. The van der Waals surface area contributed by atoms with Gasteiger partial charge in [-0.25, -0.2) is 13.8 Å². The molecule has 0 bridgehead atoms. The number of hydrogen-bond acceptors (Lipinski definition) is 7. The van der Waals surface area contributed by atoms with Crippen LogP contribution in [0.4, 0.5) is 8.78 Å². The minimum absolute atomic E-state index is 0.0686. The van der Waals surface area contributed by atoms with E-state index in [4.69, 9.17) is 14.2 Å². The van der Waals surface area contributed by atoms with Crippen LogP contribution in [0.5, 0.6) is 23.1 Å². The third kappa shape index (κ3) is 5.49. The molecule has 5 aromatic rings. The lowest BCUT2D eigenvalue weighted by Crippen LogP contribution is -2.21. The van der Waals surface area contributed by atoms with Crippen LogP contribution in [-0.2, 0) is 12.8 Å². The van der Waals surface area contributed by atoms with Crippen molar-refractivity contribution in [2.45, 2.75) is 19.8 Å². The Labute approximate surface area is 233 Å². The Morgan fingerprint density at radius 3 is 2.41 bits per heavy atom. The van der Waals surface area contributed by atoms with E-state index in [9.17, 15) is 14.0 Å². The number of H-pyrrole nitrogens is 1. The zero-order valence-electron chi connectivity index (χ0n) is 22.5. The number of ketones is 1. The number of Topliss-reactive ketones (excluding diaryl/α,β-unsaturated/α-hetero) is 1. The number of carbonyl (C=O) groups is 1. The first-order chi connectivity index (χ1) is 19.8. The van der Waals surface area contributed by atoms with E-state index in [1.807, 2.05) is 6.92 Å². The molecule has 10 heteroatoms. The summed E-state index contributed by atoms with van der Waals surface area (Å²) in [6.07, 6.45) is 3.16. The number of fused-ring (bicyclic) bond motifs is 1. The van der Waals surface area contributed by atoms with E-state index in [1.54, 1.807) is 18.2 Å². The monoisotopic (exact) mass is 557 g/mol. The van der Waals surface area contributed by atoms with Crippen molar-refractivity contribution in [1.29, 1.82) is 0 Å². The molecule has 1 N–H and O–H groups in total. The smallest absolute Gasteiger partial charge is 0.257 e. The maximum atomic E-state index is 15.1. The van der Waals surface area contributed by atoms with Crippen molar-refractivity contribution in [1.82, 2.24) is 15.0 Å². The molecule has 0 saturated carbocycles. The van der Waals surface area contributed by atoms with Crippen LogP contribution in [-0.4, -0.2) is 35.0 Å². The number of aromatic amines is 1. The number of nitrogens with zero attached hydrogens (tertiary/aromatic N) is 2. The number of rotatable bonds is 9. The molecular weight excluding hydrogens is 532 g/mol. The van der Waals surface area contributed by atoms with Crippen LogP contribution in [0.3, 0.4) is 0 Å². The summed E-state index contributed by atoms with van der Waals surface area (Å²) in [7, 11) is 2.93. The molecular formula is C31H25F2N3O5. The molecule has 0 unspecified atom stereocenters. The molecule has 0 spiro atoms. The Hall–Kier alpha value is -5.12. The largest absolute Gasteiger partial charge is 0.491 e. The van der Waals surface area contributed by atoms with Gasteiger partial charge in [0.05, 0.1) is 25.3 Å². The fourth-order valence-electron chi connectivity index (χ4n) is 4.50. The second-order valence-corrected chi connectivity index (χ2v) is 9.09.